The lowest BCUT2D eigenvalue weighted by atomic mass is 9.43. The minimum Gasteiger partial charge on any atom is -0.462 e. The second-order valence-corrected chi connectivity index (χ2v) is 9.74. The Morgan fingerprint density at radius 2 is 1.93 bits per heavy atom. The second-order valence-electron chi connectivity index (χ2n) is 9.74. The highest BCUT2D eigenvalue weighted by Crippen LogP contribution is 2.65. The van der Waals surface area contributed by atoms with Gasteiger partial charge in [-0.1, -0.05) is 25.5 Å². The van der Waals surface area contributed by atoms with Gasteiger partial charge in [-0.05, 0) is 31.8 Å². The van der Waals surface area contributed by atoms with Crippen molar-refractivity contribution in [3.05, 3.63) is 24.3 Å². The molecule has 1 saturated heterocycles. The fourth-order valence-electron chi connectivity index (χ4n) is 6.45. The molecule has 0 spiro atoms. The SMILES string of the molecule is C=C[C@]1(C)CC2=CC(=O)[C@@H]3[C@]4(C)C(=O)O[C@@H]([C@H]4O)[C@@H](O)[C@@]3(C)[C@@H]2C[C@@H]1OC(C)=O. The zero-order chi connectivity index (χ0) is 21.5. The highest BCUT2D eigenvalue weighted by molar-refractivity contribution is 6.00. The van der Waals surface area contributed by atoms with Gasteiger partial charge in [-0.2, -0.15) is 0 Å². The van der Waals surface area contributed by atoms with E-state index in [1.165, 1.54) is 6.92 Å². The number of hydrogen-bond donors (Lipinski definition) is 2. The summed E-state index contributed by atoms with van der Waals surface area (Å²) in [7, 11) is 0. The van der Waals surface area contributed by atoms with Crippen LogP contribution in [0.3, 0.4) is 0 Å². The summed E-state index contributed by atoms with van der Waals surface area (Å²) in [5.74, 6) is -2.58. The van der Waals surface area contributed by atoms with Gasteiger partial charge in [0.25, 0.3) is 0 Å². The molecule has 4 aliphatic rings. The molecule has 3 fully saturated rings. The lowest BCUT2D eigenvalue weighted by molar-refractivity contribution is -0.198. The zero-order valence-electron chi connectivity index (χ0n) is 17.2. The number of ether oxygens (including phenoxy) is 2. The van der Waals surface area contributed by atoms with Gasteiger partial charge in [0, 0.05) is 23.7 Å². The van der Waals surface area contributed by atoms with Crippen LogP contribution < -0.4 is 0 Å². The van der Waals surface area contributed by atoms with Crippen LogP contribution >= 0.6 is 0 Å². The van der Waals surface area contributed by atoms with Crippen LogP contribution in [0.5, 0.6) is 0 Å². The van der Waals surface area contributed by atoms with Gasteiger partial charge in [0.05, 0.1) is 0 Å². The van der Waals surface area contributed by atoms with Gasteiger partial charge < -0.3 is 19.7 Å². The zero-order valence-corrected chi connectivity index (χ0v) is 17.2. The molecule has 2 bridgehead atoms. The van der Waals surface area contributed by atoms with Crippen molar-refractivity contribution < 1.29 is 34.1 Å². The van der Waals surface area contributed by atoms with Crippen LogP contribution in [0.25, 0.3) is 0 Å². The number of carbonyl (C=O) groups excluding carboxylic acids is 3. The maximum atomic E-state index is 13.3. The summed E-state index contributed by atoms with van der Waals surface area (Å²) in [5.41, 5.74) is -2.16. The minimum atomic E-state index is -1.42. The summed E-state index contributed by atoms with van der Waals surface area (Å²) in [4.78, 5) is 37.6. The molecule has 0 amide bonds. The molecule has 7 heteroatoms. The molecule has 158 valence electrons. The van der Waals surface area contributed by atoms with E-state index < -0.39 is 58.5 Å². The molecule has 1 aliphatic heterocycles. The average Bonchev–Trinajstić information content (AvgIpc) is 2.82. The third-order valence-corrected chi connectivity index (χ3v) is 8.13. The Morgan fingerprint density at radius 3 is 2.52 bits per heavy atom. The number of ketones is 1. The van der Waals surface area contributed by atoms with Crippen molar-refractivity contribution in [1.29, 1.82) is 0 Å². The molecule has 0 aromatic heterocycles. The fourth-order valence-corrected chi connectivity index (χ4v) is 6.45. The Balaban J connectivity index is 1.86. The van der Waals surface area contributed by atoms with Gasteiger partial charge in [0.2, 0.25) is 0 Å². The molecule has 4 rings (SSSR count). The standard InChI is InChI=1S/C22H28O7/c1-6-20(3)9-11-7-13(24)16-21(4,12(11)8-14(20)28-10(2)23)17(25)15-18(26)22(16,5)19(27)29-15/h6-7,12,14-18,25-26H,1,8-9H2,2-5H3/t12-,14+,15-,16+,17-,18-,20-,21+,22+/m1/s1. The van der Waals surface area contributed by atoms with Gasteiger partial charge >= 0.3 is 11.9 Å². The van der Waals surface area contributed by atoms with E-state index >= 15 is 0 Å². The Hall–Kier alpha value is -1.99. The predicted molar refractivity (Wildman–Crippen MR) is 101 cm³/mol. The Bertz CT molecular complexity index is 846. The smallest absolute Gasteiger partial charge is 0.315 e. The summed E-state index contributed by atoms with van der Waals surface area (Å²) in [5, 5.41) is 21.9. The number of aliphatic hydroxyl groups excluding tert-OH is 2. The summed E-state index contributed by atoms with van der Waals surface area (Å²) in [6.07, 6.45) is 0.109. The molecule has 2 saturated carbocycles. The average molecular weight is 404 g/mol. The monoisotopic (exact) mass is 404 g/mol. The normalized spacial score (nSPS) is 50.8. The second kappa shape index (κ2) is 6.01. The molecule has 0 radical (unpaired) electrons. The van der Waals surface area contributed by atoms with E-state index in [1.807, 2.05) is 6.92 Å². The van der Waals surface area contributed by atoms with Gasteiger partial charge in [-0.15, -0.1) is 6.58 Å². The maximum Gasteiger partial charge on any atom is 0.315 e. The number of carbonyl (C=O) groups is 3. The minimum absolute atomic E-state index is 0.283. The fraction of sp³-hybridized carbons (Fsp3) is 0.682. The summed E-state index contributed by atoms with van der Waals surface area (Å²) >= 11 is 0. The van der Waals surface area contributed by atoms with Crippen molar-refractivity contribution in [1.82, 2.24) is 0 Å². The largest absolute Gasteiger partial charge is 0.462 e. The van der Waals surface area contributed by atoms with Gasteiger partial charge in [-0.25, -0.2) is 0 Å². The van der Waals surface area contributed by atoms with E-state index in [2.05, 4.69) is 6.58 Å². The third kappa shape index (κ3) is 2.34. The number of allylic oxidation sites excluding steroid dienone is 2. The van der Waals surface area contributed by atoms with Crippen LogP contribution in [0, 0.1) is 28.1 Å². The van der Waals surface area contributed by atoms with Crippen molar-refractivity contribution in [3.8, 4) is 0 Å². The molecule has 9 atom stereocenters. The van der Waals surface area contributed by atoms with Crippen molar-refractivity contribution in [3.63, 3.8) is 0 Å². The molecule has 0 unspecified atom stereocenters. The quantitative estimate of drug-likeness (QED) is 0.527. The van der Waals surface area contributed by atoms with Crippen LogP contribution in [0.4, 0.5) is 0 Å². The molecule has 0 aromatic carbocycles. The van der Waals surface area contributed by atoms with Crippen molar-refractivity contribution >= 4 is 17.7 Å². The summed E-state index contributed by atoms with van der Waals surface area (Å²) in [6.45, 7) is 10.5. The van der Waals surface area contributed by atoms with Crippen LogP contribution in [0.15, 0.2) is 24.3 Å². The van der Waals surface area contributed by atoms with E-state index in [0.717, 1.165) is 5.57 Å². The first-order valence-corrected chi connectivity index (χ1v) is 10.0. The predicted octanol–water partition coefficient (Wildman–Crippen LogP) is 1.32. The van der Waals surface area contributed by atoms with E-state index in [4.69, 9.17) is 9.47 Å². The number of aliphatic hydroxyl groups is 2. The molecule has 7 nitrogen and oxygen atoms in total. The molecular weight excluding hydrogens is 376 g/mol. The summed E-state index contributed by atoms with van der Waals surface area (Å²) in [6, 6.07) is 0. The molecule has 29 heavy (non-hydrogen) atoms. The van der Waals surface area contributed by atoms with Crippen LogP contribution in [-0.4, -0.2) is 52.4 Å². The first-order chi connectivity index (χ1) is 13.4. The Kier molecular flexibility index (Phi) is 4.21. The van der Waals surface area contributed by atoms with E-state index in [1.54, 1.807) is 26.0 Å². The lowest BCUT2D eigenvalue weighted by Gasteiger charge is -2.59. The number of hydrogen-bond acceptors (Lipinski definition) is 7. The number of rotatable bonds is 2. The van der Waals surface area contributed by atoms with Gasteiger partial charge in [0.15, 0.2) is 11.9 Å². The van der Waals surface area contributed by atoms with E-state index in [0.29, 0.717) is 12.8 Å². The number of esters is 2. The molecule has 2 N–H and O–H groups in total. The maximum absolute atomic E-state index is 13.3. The lowest BCUT2D eigenvalue weighted by Crippen LogP contribution is -2.68. The molecular formula is C22H28O7. The first-order valence-electron chi connectivity index (χ1n) is 10.0. The third-order valence-electron chi connectivity index (χ3n) is 8.13. The topological polar surface area (TPSA) is 110 Å². The van der Waals surface area contributed by atoms with Crippen LogP contribution in [0.2, 0.25) is 0 Å². The van der Waals surface area contributed by atoms with E-state index in [-0.39, 0.29) is 11.7 Å². The Morgan fingerprint density at radius 1 is 1.28 bits per heavy atom. The molecule has 0 aromatic rings. The van der Waals surface area contributed by atoms with Crippen LogP contribution in [0.1, 0.15) is 40.5 Å². The van der Waals surface area contributed by atoms with Crippen LogP contribution in [-0.2, 0) is 23.9 Å². The highest BCUT2D eigenvalue weighted by Gasteiger charge is 2.75. The first kappa shape index (κ1) is 20.3. The molecule has 1 heterocycles. The number of fused-ring (bicyclic) bond motifs is 6. The highest BCUT2D eigenvalue weighted by atomic mass is 16.6. The van der Waals surface area contributed by atoms with Crippen molar-refractivity contribution in [2.75, 3.05) is 0 Å². The van der Waals surface area contributed by atoms with E-state index in [9.17, 15) is 24.6 Å². The van der Waals surface area contributed by atoms with Crippen molar-refractivity contribution in [2.24, 2.45) is 28.1 Å². The van der Waals surface area contributed by atoms with Gasteiger partial charge in [0.1, 0.15) is 23.7 Å². The Labute approximate surface area is 169 Å². The van der Waals surface area contributed by atoms with Gasteiger partial charge in [-0.3, -0.25) is 14.4 Å². The summed E-state index contributed by atoms with van der Waals surface area (Å²) < 4.78 is 11.0. The molecule has 3 aliphatic carbocycles. The van der Waals surface area contributed by atoms with Crippen molar-refractivity contribution in [2.45, 2.75) is 65.0 Å².